The second kappa shape index (κ2) is 6.92. The standard InChI is InChI=1S/C18H24N2O/c1-15-7-8-18(21-15)13-19-17-9-11-20(12-10-17)14-16-5-3-2-4-6-16/h2-8,17,19H,9-14H2,1H3/p+2. The Morgan fingerprint density at radius 2 is 1.86 bits per heavy atom. The van der Waals surface area contributed by atoms with Crippen molar-refractivity contribution in [3.63, 3.8) is 0 Å². The summed E-state index contributed by atoms with van der Waals surface area (Å²) in [4.78, 5) is 1.72. The molecule has 3 N–H and O–H groups in total. The monoisotopic (exact) mass is 286 g/mol. The van der Waals surface area contributed by atoms with Crippen LogP contribution in [0.2, 0.25) is 0 Å². The molecule has 1 aromatic heterocycles. The van der Waals surface area contributed by atoms with Gasteiger partial charge in [-0.25, -0.2) is 0 Å². The number of piperidine rings is 1. The molecule has 0 unspecified atom stereocenters. The first-order valence-corrected chi connectivity index (χ1v) is 8.06. The van der Waals surface area contributed by atoms with Crippen LogP contribution in [0.5, 0.6) is 0 Å². The van der Waals surface area contributed by atoms with Gasteiger partial charge >= 0.3 is 0 Å². The van der Waals surface area contributed by atoms with Crippen molar-refractivity contribution >= 4 is 0 Å². The molecule has 0 bridgehead atoms. The maximum Gasteiger partial charge on any atom is 0.158 e. The van der Waals surface area contributed by atoms with Crippen LogP contribution >= 0.6 is 0 Å². The number of nitrogens with two attached hydrogens (primary N) is 1. The Hall–Kier alpha value is -1.58. The van der Waals surface area contributed by atoms with Gasteiger partial charge in [-0.2, -0.15) is 0 Å². The van der Waals surface area contributed by atoms with Gasteiger partial charge in [0.1, 0.15) is 18.8 Å². The Kier molecular flexibility index (Phi) is 4.73. The Bertz CT molecular complexity index is 541. The average Bonchev–Trinajstić information content (AvgIpc) is 2.93. The molecule has 0 radical (unpaired) electrons. The Morgan fingerprint density at radius 1 is 1.10 bits per heavy atom. The lowest BCUT2D eigenvalue weighted by molar-refractivity contribution is -0.926. The zero-order chi connectivity index (χ0) is 14.5. The largest absolute Gasteiger partial charge is 0.460 e. The second-order valence-corrected chi connectivity index (χ2v) is 6.20. The lowest BCUT2D eigenvalue weighted by atomic mass is 10.0. The third-order valence-electron chi connectivity index (χ3n) is 4.48. The van der Waals surface area contributed by atoms with E-state index in [2.05, 4.69) is 47.8 Å². The molecule has 0 atom stereocenters. The topological polar surface area (TPSA) is 34.2 Å². The fourth-order valence-electron chi connectivity index (χ4n) is 3.22. The third-order valence-corrected chi connectivity index (χ3v) is 4.48. The predicted molar refractivity (Wildman–Crippen MR) is 82.9 cm³/mol. The first kappa shape index (κ1) is 14.4. The fourth-order valence-corrected chi connectivity index (χ4v) is 3.22. The first-order valence-electron chi connectivity index (χ1n) is 8.06. The number of likely N-dealkylation sites (tertiary alicyclic amines) is 1. The molecule has 21 heavy (non-hydrogen) atoms. The summed E-state index contributed by atoms with van der Waals surface area (Å²) in [5.74, 6) is 2.12. The van der Waals surface area contributed by atoms with E-state index in [9.17, 15) is 0 Å². The number of quaternary nitrogens is 2. The Balaban J connectivity index is 1.40. The van der Waals surface area contributed by atoms with Gasteiger partial charge in [0.25, 0.3) is 0 Å². The van der Waals surface area contributed by atoms with Gasteiger partial charge in [0, 0.05) is 18.4 Å². The highest BCUT2D eigenvalue weighted by Crippen LogP contribution is 2.04. The normalized spacial score (nSPS) is 22.3. The van der Waals surface area contributed by atoms with Crippen LogP contribution in [0.15, 0.2) is 46.9 Å². The molecule has 0 amide bonds. The van der Waals surface area contributed by atoms with E-state index in [1.54, 1.807) is 4.90 Å². The van der Waals surface area contributed by atoms with Crippen molar-refractivity contribution in [2.75, 3.05) is 13.1 Å². The molecule has 1 aliphatic heterocycles. The molecule has 1 aromatic carbocycles. The number of nitrogens with one attached hydrogen (secondary N) is 1. The number of benzene rings is 1. The number of hydrogen-bond donors (Lipinski definition) is 2. The SMILES string of the molecule is Cc1ccc(C[NH2+]C2CC[NH+](Cc3ccccc3)CC2)o1. The minimum atomic E-state index is 0.759. The molecular formula is C18H26N2O+2. The Labute approximate surface area is 127 Å². The van der Waals surface area contributed by atoms with Gasteiger partial charge in [0.05, 0.1) is 19.1 Å². The van der Waals surface area contributed by atoms with Gasteiger partial charge in [0.2, 0.25) is 0 Å². The van der Waals surface area contributed by atoms with E-state index in [1.807, 2.05) is 6.92 Å². The third kappa shape index (κ3) is 4.19. The van der Waals surface area contributed by atoms with E-state index in [0.29, 0.717) is 0 Å². The highest BCUT2D eigenvalue weighted by Gasteiger charge is 2.24. The van der Waals surface area contributed by atoms with Crippen molar-refractivity contribution < 1.29 is 14.6 Å². The molecule has 0 spiro atoms. The molecule has 2 aromatic rings. The molecule has 2 heterocycles. The molecule has 0 saturated carbocycles. The minimum Gasteiger partial charge on any atom is -0.460 e. The zero-order valence-electron chi connectivity index (χ0n) is 12.8. The fraction of sp³-hybridized carbons (Fsp3) is 0.444. The average molecular weight is 286 g/mol. The quantitative estimate of drug-likeness (QED) is 0.841. The van der Waals surface area contributed by atoms with E-state index in [-0.39, 0.29) is 0 Å². The summed E-state index contributed by atoms with van der Waals surface area (Å²) in [7, 11) is 0. The van der Waals surface area contributed by atoms with Crippen molar-refractivity contribution in [2.24, 2.45) is 0 Å². The van der Waals surface area contributed by atoms with Gasteiger partial charge in [0.15, 0.2) is 5.76 Å². The number of rotatable bonds is 5. The van der Waals surface area contributed by atoms with Gasteiger partial charge < -0.3 is 14.6 Å². The van der Waals surface area contributed by atoms with E-state index in [0.717, 1.165) is 24.1 Å². The molecule has 3 nitrogen and oxygen atoms in total. The summed E-state index contributed by atoms with van der Waals surface area (Å²) in [5.41, 5.74) is 1.46. The van der Waals surface area contributed by atoms with Crippen LogP contribution in [-0.2, 0) is 13.1 Å². The maximum absolute atomic E-state index is 5.64. The van der Waals surface area contributed by atoms with E-state index in [1.165, 1.54) is 38.0 Å². The van der Waals surface area contributed by atoms with Gasteiger partial charge in [-0.3, -0.25) is 0 Å². The highest BCUT2D eigenvalue weighted by molar-refractivity contribution is 5.13. The van der Waals surface area contributed by atoms with Crippen molar-refractivity contribution in [3.05, 3.63) is 59.5 Å². The van der Waals surface area contributed by atoms with Crippen molar-refractivity contribution in [2.45, 2.75) is 38.9 Å². The van der Waals surface area contributed by atoms with Crippen LogP contribution in [-0.4, -0.2) is 19.1 Å². The van der Waals surface area contributed by atoms with Gasteiger partial charge in [-0.05, 0) is 19.1 Å². The summed E-state index contributed by atoms with van der Waals surface area (Å²) >= 11 is 0. The number of aryl methyl sites for hydroxylation is 1. The molecule has 3 rings (SSSR count). The maximum atomic E-state index is 5.64. The summed E-state index contributed by atoms with van der Waals surface area (Å²) < 4.78 is 5.64. The molecule has 1 fully saturated rings. The summed E-state index contributed by atoms with van der Waals surface area (Å²) in [6, 6.07) is 15.8. The molecule has 1 aliphatic rings. The second-order valence-electron chi connectivity index (χ2n) is 6.20. The lowest BCUT2D eigenvalue weighted by Gasteiger charge is -2.27. The van der Waals surface area contributed by atoms with Crippen LogP contribution in [0.25, 0.3) is 0 Å². The van der Waals surface area contributed by atoms with Crippen LogP contribution in [0.1, 0.15) is 29.9 Å². The van der Waals surface area contributed by atoms with Crippen LogP contribution in [0.3, 0.4) is 0 Å². The van der Waals surface area contributed by atoms with Crippen LogP contribution in [0.4, 0.5) is 0 Å². The van der Waals surface area contributed by atoms with E-state index >= 15 is 0 Å². The van der Waals surface area contributed by atoms with Gasteiger partial charge in [-0.15, -0.1) is 0 Å². The molecular weight excluding hydrogens is 260 g/mol. The molecule has 112 valence electrons. The van der Waals surface area contributed by atoms with E-state index in [4.69, 9.17) is 4.42 Å². The zero-order valence-corrected chi connectivity index (χ0v) is 12.8. The van der Waals surface area contributed by atoms with Gasteiger partial charge in [-0.1, -0.05) is 30.3 Å². The summed E-state index contributed by atoms with van der Waals surface area (Å²) in [5, 5.41) is 2.46. The summed E-state index contributed by atoms with van der Waals surface area (Å²) in [6.45, 7) is 6.73. The van der Waals surface area contributed by atoms with Crippen molar-refractivity contribution in [3.8, 4) is 0 Å². The smallest absolute Gasteiger partial charge is 0.158 e. The minimum absolute atomic E-state index is 0.759. The molecule has 1 saturated heterocycles. The van der Waals surface area contributed by atoms with Crippen molar-refractivity contribution in [1.82, 2.24) is 0 Å². The van der Waals surface area contributed by atoms with Crippen LogP contribution < -0.4 is 10.2 Å². The number of furan rings is 1. The molecule has 0 aliphatic carbocycles. The van der Waals surface area contributed by atoms with Crippen molar-refractivity contribution in [1.29, 1.82) is 0 Å². The lowest BCUT2D eigenvalue weighted by Crippen LogP contribution is -3.13. The number of hydrogen-bond acceptors (Lipinski definition) is 1. The van der Waals surface area contributed by atoms with Crippen LogP contribution in [0, 0.1) is 6.92 Å². The highest BCUT2D eigenvalue weighted by atomic mass is 16.3. The Morgan fingerprint density at radius 3 is 2.52 bits per heavy atom. The predicted octanol–water partition coefficient (Wildman–Crippen LogP) is 0.899. The summed E-state index contributed by atoms with van der Waals surface area (Å²) in [6.07, 6.45) is 2.61. The molecule has 3 heteroatoms. The first-order chi connectivity index (χ1) is 10.3. The van der Waals surface area contributed by atoms with E-state index < -0.39 is 0 Å².